The summed E-state index contributed by atoms with van der Waals surface area (Å²) in [4.78, 5) is 2.26. The molecule has 0 fully saturated rings. The van der Waals surface area contributed by atoms with Gasteiger partial charge in [0.1, 0.15) is 4.90 Å². The molecule has 20 heavy (non-hydrogen) atoms. The van der Waals surface area contributed by atoms with E-state index in [2.05, 4.69) is 15.1 Å². The summed E-state index contributed by atoms with van der Waals surface area (Å²) < 4.78 is 28.3. The normalized spacial score (nSPS) is 12.2. The molecular formula is C12H25N5O2S. The molecule has 0 saturated carbocycles. The van der Waals surface area contributed by atoms with E-state index in [-0.39, 0.29) is 4.90 Å². The standard InChI is InChI=1S/C12H25N5O2S/c1-4-13-6-9-17-11-12(10-14-17)20(18,19)15-7-8-16(3)5-2/h10-11,13,15H,4-9H2,1-3H3. The molecule has 0 unspecified atom stereocenters. The second kappa shape index (κ2) is 8.35. The predicted molar refractivity (Wildman–Crippen MR) is 79.1 cm³/mol. The second-order valence-corrected chi connectivity index (χ2v) is 6.35. The van der Waals surface area contributed by atoms with Gasteiger partial charge in [-0.05, 0) is 20.1 Å². The van der Waals surface area contributed by atoms with Gasteiger partial charge in [0.15, 0.2) is 0 Å². The zero-order valence-electron chi connectivity index (χ0n) is 12.5. The highest BCUT2D eigenvalue weighted by atomic mass is 32.2. The molecular weight excluding hydrogens is 278 g/mol. The Morgan fingerprint density at radius 3 is 2.75 bits per heavy atom. The van der Waals surface area contributed by atoms with Crippen molar-refractivity contribution in [3.63, 3.8) is 0 Å². The van der Waals surface area contributed by atoms with Gasteiger partial charge in [-0.2, -0.15) is 5.10 Å². The van der Waals surface area contributed by atoms with Gasteiger partial charge in [-0.25, -0.2) is 13.1 Å². The highest BCUT2D eigenvalue weighted by molar-refractivity contribution is 7.89. The number of nitrogens with zero attached hydrogens (tertiary/aromatic N) is 3. The summed E-state index contributed by atoms with van der Waals surface area (Å²) in [6.07, 6.45) is 2.95. The third kappa shape index (κ3) is 5.58. The van der Waals surface area contributed by atoms with Crippen LogP contribution in [0.5, 0.6) is 0 Å². The fraction of sp³-hybridized carbons (Fsp3) is 0.750. The first-order valence-electron chi connectivity index (χ1n) is 6.91. The van der Waals surface area contributed by atoms with Gasteiger partial charge in [0.25, 0.3) is 0 Å². The van der Waals surface area contributed by atoms with E-state index in [4.69, 9.17) is 0 Å². The van der Waals surface area contributed by atoms with Crippen LogP contribution in [0.1, 0.15) is 13.8 Å². The van der Waals surface area contributed by atoms with Gasteiger partial charge >= 0.3 is 0 Å². The molecule has 1 aromatic rings. The van der Waals surface area contributed by atoms with Crippen molar-refractivity contribution < 1.29 is 8.42 Å². The fourth-order valence-electron chi connectivity index (χ4n) is 1.59. The molecule has 116 valence electrons. The van der Waals surface area contributed by atoms with E-state index in [0.717, 1.165) is 19.6 Å². The molecule has 1 heterocycles. The molecule has 7 nitrogen and oxygen atoms in total. The molecule has 0 atom stereocenters. The lowest BCUT2D eigenvalue weighted by Crippen LogP contribution is -2.32. The quantitative estimate of drug-likeness (QED) is 0.581. The molecule has 0 bridgehead atoms. The van der Waals surface area contributed by atoms with Gasteiger partial charge in [0.2, 0.25) is 10.0 Å². The topological polar surface area (TPSA) is 79.3 Å². The zero-order chi connectivity index (χ0) is 15.0. The van der Waals surface area contributed by atoms with Gasteiger partial charge < -0.3 is 10.2 Å². The van der Waals surface area contributed by atoms with Gasteiger partial charge in [0, 0.05) is 25.8 Å². The Bertz CT molecular complexity index is 486. The second-order valence-electron chi connectivity index (χ2n) is 4.59. The maximum absolute atomic E-state index is 12.0. The largest absolute Gasteiger partial charge is 0.315 e. The van der Waals surface area contributed by atoms with Crippen LogP contribution >= 0.6 is 0 Å². The van der Waals surface area contributed by atoms with Crippen LogP contribution in [0.3, 0.4) is 0 Å². The molecule has 0 amide bonds. The van der Waals surface area contributed by atoms with Crippen molar-refractivity contribution >= 4 is 10.0 Å². The molecule has 1 aromatic heterocycles. The first-order valence-corrected chi connectivity index (χ1v) is 8.39. The Labute approximate surface area is 121 Å². The van der Waals surface area contributed by atoms with Crippen LogP contribution in [0.2, 0.25) is 0 Å². The molecule has 0 saturated heterocycles. The summed E-state index contributed by atoms with van der Waals surface area (Å²) in [6.45, 7) is 8.34. The van der Waals surface area contributed by atoms with Crippen molar-refractivity contribution in [2.24, 2.45) is 0 Å². The number of hydrogen-bond donors (Lipinski definition) is 2. The van der Waals surface area contributed by atoms with Crippen LogP contribution < -0.4 is 10.0 Å². The third-order valence-electron chi connectivity index (χ3n) is 3.01. The van der Waals surface area contributed by atoms with Gasteiger partial charge in [-0.3, -0.25) is 4.68 Å². The van der Waals surface area contributed by atoms with Gasteiger partial charge in [0.05, 0.1) is 12.7 Å². The van der Waals surface area contributed by atoms with E-state index < -0.39 is 10.0 Å². The number of rotatable bonds is 10. The molecule has 1 rings (SSSR count). The molecule has 2 N–H and O–H groups in total. The lowest BCUT2D eigenvalue weighted by Gasteiger charge is -2.13. The predicted octanol–water partition coefficient (Wildman–Crippen LogP) is -0.277. The first-order chi connectivity index (χ1) is 9.49. The van der Waals surface area contributed by atoms with E-state index in [0.29, 0.717) is 19.6 Å². The number of nitrogens with one attached hydrogen (secondary N) is 2. The average molecular weight is 303 g/mol. The summed E-state index contributed by atoms with van der Waals surface area (Å²) in [5.41, 5.74) is 0. The van der Waals surface area contributed by atoms with Crippen LogP contribution in [0.4, 0.5) is 0 Å². The first kappa shape index (κ1) is 17.1. The Hall–Kier alpha value is -0.960. The van der Waals surface area contributed by atoms with Crippen LogP contribution in [0.25, 0.3) is 0 Å². The van der Waals surface area contributed by atoms with E-state index >= 15 is 0 Å². The average Bonchev–Trinajstić information content (AvgIpc) is 2.88. The molecule has 0 aliphatic carbocycles. The number of likely N-dealkylation sites (N-methyl/N-ethyl adjacent to an activating group) is 2. The van der Waals surface area contributed by atoms with Gasteiger partial charge in [-0.15, -0.1) is 0 Å². The highest BCUT2D eigenvalue weighted by Gasteiger charge is 2.15. The summed E-state index contributed by atoms with van der Waals surface area (Å²) in [5, 5.41) is 7.23. The van der Waals surface area contributed by atoms with E-state index in [1.807, 2.05) is 25.8 Å². The van der Waals surface area contributed by atoms with Crippen LogP contribution in [0.15, 0.2) is 17.3 Å². The van der Waals surface area contributed by atoms with E-state index in [9.17, 15) is 8.42 Å². The maximum atomic E-state index is 12.0. The SMILES string of the molecule is CCNCCn1cc(S(=O)(=O)NCCN(C)CC)cn1. The summed E-state index contributed by atoms with van der Waals surface area (Å²) in [6, 6.07) is 0. The van der Waals surface area contributed by atoms with Crippen LogP contribution in [-0.2, 0) is 16.6 Å². The maximum Gasteiger partial charge on any atom is 0.243 e. The van der Waals surface area contributed by atoms with Crippen molar-refractivity contribution in [3.05, 3.63) is 12.4 Å². The fourth-order valence-corrected chi connectivity index (χ4v) is 2.56. The number of hydrogen-bond acceptors (Lipinski definition) is 5. The molecule has 0 radical (unpaired) electrons. The lowest BCUT2D eigenvalue weighted by atomic mass is 10.5. The Morgan fingerprint density at radius 2 is 2.10 bits per heavy atom. The molecule has 0 aliphatic rings. The Kier molecular flexibility index (Phi) is 7.14. The smallest absolute Gasteiger partial charge is 0.243 e. The lowest BCUT2D eigenvalue weighted by molar-refractivity contribution is 0.358. The van der Waals surface area contributed by atoms with Gasteiger partial charge in [-0.1, -0.05) is 13.8 Å². The minimum absolute atomic E-state index is 0.216. The molecule has 8 heteroatoms. The van der Waals surface area contributed by atoms with Crippen molar-refractivity contribution in [2.75, 3.05) is 39.8 Å². The van der Waals surface area contributed by atoms with E-state index in [1.54, 1.807) is 10.9 Å². The summed E-state index contributed by atoms with van der Waals surface area (Å²) in [7, 11) is -1.50. The Morgan fingerprint density at radius 1 is 1.35 bits per heavy atom. The summed E-state index contributed by atoms with van der Waals surface area (Å²) in [5.74, 6) is 0. The minimum Gasteiger partial charge on any atom is -0.315 e. The minimum atomic E-state index is -3.45. The van der Waals surface area contributed by atoms with E-state index in [1.165, 1.54) is 6.20 Å². The number of aromatic nitrogens is 2. The highest BCUT2D eigenvalue weighted by Crippen LogP contribution is 2.06. The monoisotopic (exact) mass is 303 g/mol. The van der Waals surface area contributed by atoms with Crippen molar-refractivity contribution in [2.45, 2.75) is 25.3 Å². The zero-order valence-corrected chi connectivity index (χ0v) is 13.3. The molecule has 0 spiro atoms. The molecule has 0 aromatic carbocycles. The van der Waals surface area contributed by atoms with Crippen LogP contribution in [0, 0.1) is 0 Å². The van der Waals surface area contributed by atoms with Crippen molar-refractivity contribution in [1.29, 1.82) is 0 Å². The molecule has 0 aliphatic heterocycles. The van der Waals surface area contributed by atoms with Crippen molar-refractivity contribution in [1.82, 2.24) is 24.7 Å². The third-order valence-corrected chi connectivity index (χ3v) is 4.43. The van der Waals surface area contributed by atoms with Crippen molar-refractivity contribution in [3.8, 4) is 0 Å². The van der Waals surface area contributed by atoms with Crippen LogP contribution in [-0.4, -0.2) is 62.9 Å². The summed E-state index contributed by atoms with van der Waals surface area (Å²) >= 11 is 0. The number of sulfonamides is 1. The Balaban J connectivity index is 2.50.